The molecule has 90 valence electrons. The van der Waals surface area contributed by atoms with E-state index >= 15 is 0 Å². The third-order valence-corrected chi connectivity index (χ3v) is 4.75. The van der Waals surface area contributed by atoms with Gasteiger partial charge in [0.15, 0.2) is 5.84 Å². The Balaban J connectivity index is 1.61. The van der Waals surface area contributed by atoms with Gasteiger partial charge < -0.3 is 4.74 Å². The first-order valence-corrected chi connectivity index (χ1v) is 6.89. The summed E-state index contributed by atoms with van der Waals surface area (Å²) in [5.41, 5.74) is 2.55. The van der Waals surface area contributed by atoms with E-state index in [4.69, 9.17) is 14.6 Å². The van der Waals surface area contributed by atoms with Crippen molar-refractivity contribution in [3.63, 3.8) is 0 Å². The fourth-order valence-electron chi connectivity index (χ4n) is 2.81. The summed E-state index contributed by atoms with van der Waals surface area (Å²) in [5, 5.41) is 2.04. The summed E-state index contributed by atoms with van der Waals surface area (Å²) in [4.78, 5) is 11.5. The summed E-state index contributed by atoms with van der Waals surface area (Å²) in [6.07, 6.45) is 4.47. The Kier molecular flexibility index (Phi) is 1.96. The molecule has 4 nitrogen and oxygen atoms in total. The monoisotopic (exact) mass is 250 g/mol. The quantitative estimate of drug-likeness (QED) is 0.829. The third kappa shape index (κ3) is 1.46. The van der Waals surface area contributed by atoms with Gasteiger partial charge in [-0.1, -0.05) is 6.07 Å². The van der Waals surface area contributed by atoms with Crippen LogP contribution in [0.4, 0.5) is 0 Å². The van der Waals surface area contributed by atoms with E-state index in [9.17, 15) is 0 Å². The first kappa shape index (κ1) is 10.1. The smallest absolute Gasteiger partial charge is 0.213 e. The van der Waals surface area contributed by atoms with Gasteiger partial charge in [0.05, 0.1) is 17.1 Å². The van der Waals surface area contributed by atoms with E-state index in [0.717, 1.165) is 30.0 Å². The van der Waals surface area contributed by atoms with Crippen LogP contribution in [0.1, 0.15) is 30.6 Å². The Bertz CT molecular complexity index is 467. The molecule has 2 fully saturated rings. The molecule has 1 saturated carbocycles. The van der Waals surface area contributed by atoms with Crippen LogP contribution < -0.4 is 5.48 Å². The maximum atomic E-state index is 5.91. The van der Waals surface area contributed by atoms with Crippen molar-refractivity contribution in [3.8, 4) is 0 Å². The standard InChI is InChI=1S/C12H14N2O2S/c1-3-9(17-6-1)10-13-12(16-14-10)7-11(15-8-12)4-2-5-11/h1,3,6H,2,4-5,7-8H2,(H,13,14). The molecule has 1 saturated heterocycles. The van der Waals surface area contributed by atoms with E-state index in [-0.39, 0.29) is 5.60 Å². The number of ether oxygens (including phenoxy) is 1. The molecular formula is C12H14N2O2S. The van der Waals surface area contributed by atoms with Gasteiger partial charge in [0, 0.05) is 6.42 Å². The maximum Gasteiger partial charge on any atom is 0.213 e. The minimum absolute atomic E-state index is 0.0656. The van der Waals surface area contributed by atoms with Gasteiger partial charge in [0.25, 0.3) is 0 Å². The number of thiophene rings is 1. The van der Waals surface area contributed by atoms with Crippen LogP contribution in [-0.2, 0) is 9.57 Å². The number of amidine groups is 1. The molecule has 1 unspecified atom stereocenters. The van der Waals surface area contributed by atoms with E-state index in [0.29, 0.717) is 6.61 Å². The highest BCUT2D eigenvalue weighted by molar-refractivity contribution is 7.12. The van der Waals surface area contributed by atoms with Crippen LogP contribution in [0.2, 0.25) is 0 Å². The molecule has 0 bridgehead atoms. The highest BCUT2D eigenvalue weighted by Crippen LogP contribution is 2.49. The highest BCUT2D eigenvalue weighted by atomic mass is 32.1. The first-order chi connectivity index (χ1) is 8.29. The number of hydrogen-bond donors (Lipinski definition) is 1. The molecule has 1 aliphatic carbocycles. The lowest BCUT2D eigenvalue weighted by Crippen LogP contribution is -2.38. The van der Waals surface area contributed by atoms with Crippen molar-refractivity contribution in [1.82, 2.24) is 5.48 Å². The number of nitrogens with zero attached hydrogens (tertiary/aromatic N) is 1. The maximum absolute atomic E-state index is 5.91. The largest absolute Gasteiger partial charge is 0.370 e. The van der Waals surface area contributed by atoms with Crippen molar-refractivity contribution in [2.45, 2.75) is 37.0 Å². The van der Waals surface area contributed by atoms with Gasteiger partial charge in [-0.05, 0) is 30.7 Å². The van der Waals surface area contributed by atoms with Crippen LogP contribution in [0.3, 0.4) is 0 Å². The fourth-order valence-corrected chi connectivity index (χ4v) is 3.47. The average molecular weight is 250 g/mol. The zero-order chi connectivity index (χ0) is 11.3. The lowest BCUT2D eigenvalue weighted by Gasteiger charge is -2.37. The summed E-state index contributed by atoms with van der Waals surface area (Å²) >= 11 is 1.67. The Labute approximate surface area is 104 Å². The van der Waals surface area contributed by atoms with Gasteiger partial charge in [-0.25, -0.2) is 15.3 Å². The summed E-state index contributed by atoms with van der Waals surface area (Å²) in [5.74, 6) is 0.847. The van der Waals surface area contributed by atoms with Gasteiger partial charge in [0.1, 0.15) is 0 Å². The zero-order valence-corrected chi connectivity index (χ0v) is 10.3. The summed E-state index contributed by atoms with van der Waals surface area (Å²) in [6.45, 7) is 0.578. The summed E-state index contributed by atoms with van der Waals surface area (Å²) < 4.78 is 5.91. The van der Waals surface area contributed by atoms with E-state index in [1.165, 1.54) is 6.42 Å². The number of hydrogen-bond acceptors (Lipinski definition) is 5. The Morgan fingerprint density at radius 1 is 1.41 bits per heavy atom. The molecule has 0 aromatic carbocycles. The molecule has 4 rings (SSSR count). The Morgan fingerprint density at radius 3 is 3.00 bits per heavy atom. The van der Waals surface area contributed by atoms with E-state index in [1.54, 1.807) is 11.3 Å². The summed E-state index contributed by atoms with van der Waals surface area (Å²) in [6, 6.07) is 4.07. The van der Waals surface area contributed by atoms with Crippen molar-refractivity contribution in [3.05, 3.63) is 22.4 Å². The van der Waals surface area contributed by atoms with Crippen LogP contribution in [0.25, 0.3) is 0 Å². The lowest BCUT2D eigenvalue weighted by molar-refractivity contribution is -0.0689. The van der Waals surface area contributed by atoms with Crippen LogP contribution in [0, 0.1) is 0 Å². The predicted molar refractivity (Wildman–Crippen MR) is 65.0 cm³/mol. The van der Waals surface area contributed by atoms with Crippen molar-refractivity contribution in [2.24, 2.45) is 4.99 Å². The van der Waals surface area contributed by atoms with Crippen molar-refractivity contribution in [2.75, 3.05) is 6.61 Å². The Hall–Kier alpha value is -0.910. The van der Waals surface area contributed by atoms with Gasteiger partial charge in [0.2, 0.25) is 5.72 Å². The molecule has 0 radical (unpaired) electrons. The average Bonchev–Trinajstić information content (AvgIpc) is 2.99. The second-order valence-electron chi connectivity index (χ2n) is 5.09. The predicted octanol–water partition coefficient (Wildman–Crippen LogP) is 2.07. The van der Waals surface area contributed by atoms with Gasteiger partial charge in [-0.2, -0.15) is 0 Å². The van der Waals surface area contributed by atoms with Crippen LogP contribution in [-0.4, -0.2) is 23.8 Å². The summed E-state index contributed by atoms with van der Waals surface area (Å²) in [7, 11) is 0. The zero-order valence-electron chi connectivity index (χ0n) is 9.44. The topological polar surface area (TPSA) is 42.9 Å². The second kappa shape index (κ2) is 3.31. The van der Waals surface area contributed by atoms with Crippen molar-refractivity contribution in [1.29, 1.82) is 0 Å². The lowest BCUT2D eigenvalue weighted by atomic mass is 9.77. The van der Waals surface area contributed by atoms with Gasteiger partial charge in [-0.3, -0.25) is 0 Å². The molecule has 3 aliphatic rings. The van der Waals surface area contributed by atoms with Crippen LogP contribution in [0.5, 0.6) is 0 Å². The van der Waals surface area contributed by atoms with Crippen LogP contribution >= 0.6 is 11.3 Å². The third-order valence-electron chi connectivity index (χ3n) is 3.87. The normalized spacial score (nSPS) is 33.8. The molecule has 0 amide bonds. The molecule has 3 heterocycles. The molecule has 1 N–H and O–H groups in total. The molecule has 1 aromatic rings. The minimum atomic E-state index is -0.472. The number of nitrogens with one attached hydrogen (secondary N) is 1. The fraction of sp³-hybridized carbons (Fsp3) is 0.583. The van der Waals surface area contributed by atoms with Crippen LogP contribution in [0.15, 0.2) is 22.5 Å². The Morgan fingerprint density at radius 2 is 2.35 bits per heavy atom. The van der Waals surface area contributed by atoms with Gasteiger partial charge >= 0.3 is 0 Å². The molecular weight excluding hydrogens is 236 g/mol. The van der Waals surface area contributed by atoms with E-state index < -0.39 is 5.72 Å². The molecule has 5 heteroatoms. The molecule has 1 atom stereocenters. The van der Waals surface area contributed by atoms with Gasteiger partial charge in [-0.15, -0.1) is 11.3 Å². The molecule has 17 heavy (non-hydrogen) atoms. The minimum Gasteiger partial charge on any atom is -0.370 e. The van der Waals surface area contributed by atoms with E-state index in [1.807, 2.05) is 17.5 Å². The highest BCUT2D eigenvalue weighted by Gasteiger charge is 2.55. The molecule has 2 aliphatic heterocycles. The number of rotatable bonds is 1. The first-order valence-electron chi connectivity index (χ1n) is 6.01. The molecule has 1 aromatic heterocycles. The van der Waals surface area contributed by atoms with Crippen molar-refractivity contribution >= 4 is 17.2 Å². The van der Waals surface area contributed by atoms with E-state index in [2.05, 4.69) is 5.48 Å². The second-order valence-corrected chi connectivity index (χ2v) is 6.04. The number of aliphatic imine (C=N–C) groups is 1. The SMILES string of the molecule is c1csc(C2=NC3(COC4(CCC4)C3)ON2)c1. The van der Waals surface area contributed by atoms with Crippen molar-refractivity contribution < 1.29 is 9.57 Å². The molecule has 2 spiro atoms. The number of hydroxylamine groups is 1.